The number of carbonyl (C=O) groups excluding carboxylic acids is 1. The molecule has 0 bridgehead atoms. The molecule has 2 aromatic carbocycles. The summed E-state index contributed by atoms with van der Waals surface area (Å²) in [4.78, 5) is 20.3. The van der Waals surface area contributed by atoms with Crippen molar-refractivity contribution in [1.82, 2.24) is 14.8 Å². The summed E-state index contributed by atoms with van der Waals surface area (Å²) in [7, 11) is -3.59. The highest BCUT2D eigenvalue weighted by atomic mass is 32.2. The number of hydrogen-bond acceptors (Lipinski definition) is 6. The lowest BCUT2D eigenvalue weighted by molar-refractivity contribution is 0.0982. The van der Waals surface area contributed by atoms with E-state index in [2.05, 4.69) is 25.0 Å². The van der Waals surface area contributed by atoms with Gasteiger partial charge in [0.15, 0.2) is 15.0 Å². The van der Waals surface area contributed by atoms with Gasteiger partial charge in [0.05, 0.1) is 32.9 Å². The molecule has 0 aliphatic heterocycles. The molecular weight excluding hydrogens is 468 g/mol. The molecule has 0 N–H and O–H groups in total. The zero-order valence-corrected chi connectivity index (χ0v) is 21.6. The third-order valence-electron chi connectivity index (χ3n) is 5.69. The van der Waals surface area contributed by atoms with E-state index >= 15 is 0 Å². The lowest BCUT2D eigenvalue weighted by Gasteiger charge is -2.21. The van der Waals surface area contributed by atoms with Crippen LogP contribution in [0.4, 0.5) is 5.13 Å². The smallest absolute Gasteiger partial charge is 0.261 e. The van der Waals surface area contributed by atoms with Crippen LogP contribution in [-0.4, -0.2) is 41.9 Å². The van der Waals surface area contributed by atoms with Gasteiger partial charge in [0.1, 0.15) is 0 Å². The highest BCUT2D eigenvalue weighted by Crippen LogP contribution is 2.34. The highest BCUT2D eigenvalue weighted by molar-refractivity contribution is 7.90. The Morgan fingerprint density at radius 2 is 1.85 bits per heavy atom. The van der Waals surface area contributed by atoms with Crippen LogP contribution in [-0.2, 0) is 16.4 Å². The van der Waals surface area contributed by atoms with E-state index < -0.39 is 15.7 Å². The summed E-state index contributed by atoms with van der Waals surface area (Å²) >= 11 is 1.43. The van der Waals surface area contributed by atoms with Gasteiger partial charge in [-0.2, -0.15) is 5.10 Å². The van der Waals surface area contributed by atoms with Crippen LogP contribution in [0.5, 0.6) is 0 Å². The number of nitrogens with zero attached hydrogens (tertiary/aromatic N) is 4. The first-order valence-corrected chi connectivity index (χ1v) is 13.8. The summed E-state index contributed by atoms with van der Waals surface area (Å²) in [5.41, 5.74) is 4.02. The Morgan fingerprint density at radius 1 is 1.12 bits per heavy atom. The maximum Gasteiger partial charge on any atom is 0.261 e. The van der Waals surface area contributed by atoms with E-state index in [1.807, 2.05) is 36.7 Å². The van der Waals surface area contributed by atoms with Crippen LogP contribution in [0.1, 0.15) is 47.1 Å². The van der Waals surface area contributed by atoms with Gasteiger partial charge >= 0.3 is 0 Å². The number of rotatable bonds is 7. The van der Waals surface area contributed by atoms with E-state index in [0.717, 1.165) is 33.4 Å². The molecule has 0 fully saturated rings. The van der Waals surface area contributed by atoms with Crippen molar-refractivity contribution in [1.29, 1.82) is 0 Å². The second-order valence-corrected chi connectivity index (χ2v) is 11.7. The van der Waals surface area contributed by atoms with Crippen molar-refractivity contribution >= 4 is 42.4 Å². The van der Waals surface area contributed by atoms with Crippen LogP contribution in [0.25, 0.3) is 10.2 Å². The molecule has 0 aliphatic carbocycles. The number of carbonyl (C=O) groups is 1. The zero-order chi connectivity index (χ0) is 24.6. The molecule has 0 saturated heterocycles. The summed E-state index contributed by atoms with van der Waals surface area (Å²) < 4.78 is 27.7. The molecule has 7 nitrogen and oxygen atoms in total. The van der Waals surface area contributed by atoms with Gasteiger partial charge in [-0.1, -0.05) is 49.4 Å². The minimum atomic E-state index is -3.59. The molecule has 0 unspecified atom stereocenters. The van der Waals surface area contributed by atoms with Gasteiger partial charge in [-0.15, -0.1) is 0 Å². The Kier molecular flexibility index (Phi) is 6.60. The second-order valence-electron chi connectivity index (χ2n) is 8.72. The molecule has 4 rings (SSSR count). The molecule has 4 aromatic rings. The van der Waals surface area contributed by atoms with Crippen LogP contribution < -0.4 is 4.90 Å². The summed E-state index contributed by atoms with van der Waals surface area (Å²) in [6.07, 6.45) is 1.12. The Balaban J connectivity index is 1.81. The number of hydrogen-bond donors (Lipinski definition) is 0. The number of benzene rings is 2. The number of amides is 1. The second kappa shape index (κ2) is 9.31. The summed E-state index contributed by atoms with van der Waals surface area (Å²) in [6, 6.07) is 14.4. The van der Waals surface area contributed by atoms with Crippen molar-refractivity contribution in [3.8, 4) is 0 Å². The SMILES string of the molecule is Cc1cc(C)n(CCN(C(=O)c2ccccc2S(C)(=O)=O)c2nc3c(C(C)C)cccc3s2)n1. The normalized spacial score (nSPS) is 11.9. The summed E-state index contributed by atoms with van der Waals surface area (Å²) in [5, 5.41) is 5.05. The van der Waals surface area contributed by atoms with E-state index in [1.165, 1.54) is 17.4 Å². The van der Waals surface area contributed by atoms with E-state index in [1.54, 1.807) is 23.1 Å². The average Bonchev–Trinajstić information content (AvgIpc) is 3.35. The molecule has 0 aliphatic rings. The lowest BCUT2D eigenvalue weighted by Crippen LogP contribution is -2.35. The molecule has 34 heavy (non-hydrogen) atoms. The number of para-hydroxylation sites is 1. The van der Waals surface area contributed by atoms with Crippen molar-refractivity contribution in [2.24, 2.45) is 0 Å². The third kappa shape index (κ3) is 4.76. The first kappa shape index (κ1) is 24.1. The van der Waals surface area contributed by atoms with Crippen molar-refractivity contribution in [3.05, 3.63) is 71.0 Å². The monoisotopic (exact) mass is 496 g/mol. The predicted octanol–water partition coefficient (Wildman–Crippen LogP) is 4.98. The van der Waals surface area contributed by atoms with Crippen LogP contribution in [0, 0.1) is 13.8 Å². The minimum absolute atomic E-state index is 0.0140. The van der Waals surface area contributed by atoms with E-state index in [9.17, 15) is 13.2 Å². The molecule has 178 valence electrons. The quantitative estimate of drug-likeness (QED) is 0.360. The number of aryl methyl sites for hydroxylation is 2. The van der Waals surface area contributed by atoms with Crippen LogP contribution in [0.3, 0.4) is 0 Å². The van der Waals surface area contributed by atoms with Crippen molar-refractivity contribution in [3.63, 3.8) is 0 Å². The van der Waals surface area contributed by atoms with E-state index in [4.69, 9.17) is 4.98 Å². The van der Waals surface area contributed by atoms with Gasteiger partial charge in [-0.05, 0) is 49.6 Å². The van der Waals surface area contributed by atoms with Gasteiger partial charge in [0.25, 0.3) is 5.91 Å². The fourth-order valence-corrected chi connectivity index (χ4v) is 5.94. The first-order chi connectivity index (χ1) is 16.1. The highest BCUT2D eigenvalue weighted by Gasteiger charge is 2.27. The van der Waals surface area contributed by atoms with Crippen LogP contribution in [0.2, 0.25) is 0 Å². The van der Waals surface area contributed by atoms with E-state index in [0.29, 0.717) is 18.2 Å². The largest absolute Gasteiger partial charge is 0.282 e. The molecule has 1 amide bonds. The molecular formula is C25H28N4O3S2. The average molecular weight is 497 g/mol. The zero-order valence-electron chi connectivity index (χ0n) is 19.9. The fourth-order valence-electron chi connectivity index (χ4n) is 4.03. The molecule has 0 atom stereocenters. The molecule has 0 radical (unpaired) electrons. The maximum absolute atomic E-state index is 13.8. The molecule has 0 spiro atoms. The number of sulfone groups is 1. The Hall–Kier alpha value is -3.04. The molecule has 0 saturated carbocycles. The van der Waals surface area contributed by atoms with Gasteiger partial charge in [0, 0.05) is 18.5 Å². The number of anilines is 1. The fraction of sp³-hybridized carbons (Fsp3) is 0.320. The van der Waals surface area contributed by atoms with E-state index in [-0.39, 0.29) is 16.4 Å². The Morgan fingerprint density at radius 3 is 2.50 bits per heavy atom. The molecule has 2 heterocycles. The standard InChI is InChI=1S/C25H28N4O3S2/c1-16(2)19-10-8-11-21-23(19)26-25(33-21)28(13-14-29-18(4)15-17(3)27-29)24(30)20-9-6-7-12-22(20)34(5,31)32/h6-12,15-16H,13-14H2,1-5H3. The van der Waals surface area contributed by atoms with Crippen molar-refractivity contribution in [2.75, 3.05) is 17.7 Å². The van der Waals surface area contributed by atoms with Gasteiger partial charge in [-0.25, -0.2) is 13.4 Å². The predicted molar refractivity (Wildman–Crippen MR) is 137 cm³/mol. The number of thiazole rings is 1. The van der Waals surface area contributed by atoms with Crippen LogP contribution >= 0.6 is 11.3 Å². The van der Waals surface area contributed by atoms with Crippen LogP contribution in [0.15, 0.2) is 53.4 Å². The number of aromatic nitrogens is 3. The third-order valence-corrected chi connectivity index (χ3v) is 7.89. The summed E-state index contributed by atoms with van der Waals surface area (Å²) in [5.74, 6) is -0.115. The van der Waals surface area contributed by atoms with Gasteiger partial charge in [-0.3, -0.25) is 14.4 Å². The number of fused-ring (bicyclic) bond motifs is 1. The summed E-state index contributed by atoms with van der Waals surface area (Å²) in [6.45, 7) is 8.88. The Labute approximate surface area is 204 Å². The van der Waals surface area contributed by atoms with Crippen molar-refractivity contribution in [2.45, 2.75) is 45.1 Å². The van der Waals surface area contributed by atoms with Gasteiger partial charge in [0.2, 0.25) is 0 Å². The molecule has 2 aromatic heterocycles. The Bertz CT molecular complexity index is 1470. The van der Waals surface area contributed by atoms with Crippen molar-refractivity contribution < 1.29 is 13.2 Å². The topological polar surface area (TPSA) is 85.2 Å². The minimum Gasteiger partial charge on any atom is -0.282 e. The van der Waals surface area contributed by atoms with Gasteiger partial charge < -0.3 is 0 Å². The molecule has 9 heteroatoms. The maximum atomic E-state index is 13.8. The first-order valence-electron chi connectivity index (χ1n) is 11.1. The lowest BCUT2D eigenvalue weighted by atomic mass is 10.0.